The predicted octanol–water partition coefficient (Wildman–Crippen LogP) is 1.36. The van der Waals surface area contributed by atoms with Gasteiger partial charge >= 0.3 is 0 Å². The minimum absolute atomic E-state index is 0.0694. The van der Waals surface area contributed by atoms with Gasteiger partial charge in [0.05, 0.1) is 21.1 Å². The summed E-state index contributed by atoms with van der Waals surface area (Å²) < 4.78 is 0.885. The third kappa shape index (κ3) is 2.05. The van der Waals surface area contributed by atoms with Crippen LogP contribution in [0.3, 0.4) is 0 Å². The minimum Gasteiger partial charge on any atom is -0.318 e. The van der Waals surface area contributed by atoms with Crippen molar-refractivity contribution in [3.8, 4) is 0 Å². The monoisotopic (exact) mass is 134 g/mol. The van der Waals surface area contributed by atoms with Gasteiger partial charge in [0.2, 0.25) is 0 Å². The molecule has 0 spiro atoms. The zero-order chi connectivity index (χ0) is 7.00. The van der Waals surface area contributed by atoms with Gasteiger partial charge in [-0.2, -0.15) is 0 Å². The van der Waals surface area contributed by atoms with E-state index in [9.17, 15) is 0 Å². The summed E-state index contributed by atoms with van der Waals surface area (Å²) in [6.45, 7) is 4.21. The topological polar surface area (TPSA) is 0 Å². The van der Waals surface area contributed by atoms with Crippen molar-refractivity contribution in [3.63, 3.8) is 0 Å². The molecule has 1 nitrogen and oxygen atoms in total. The molecule has 0 aromatic heterocycles. The molecule has 50 valence electrons. The summed E-state index contributed by atoms with van der Waals surface area (Å²) in [6, 6.07) is 0. The summed E-state index contributed by atoms with van der Waals surface area (Å²) in [5.74, 6) is 0. The highest BCUT2D eigenvalue weighted by molar-refractivity contribution is 7.81. The molecular formula is C6H16NS+. The van der Waals surface area contributed by atoms with Crippen molar-refractivity contribution in [2.75, 3.05) is 21.1 Å². The first-order valence-corrected chi connectivity index (χ1v) is 3.24. The van der Waals surface area contributed by atoms with Gasteiger partial charge in [-0.05, 0) is 0 Å². The smallest absolute Gasteiger partial charge is 0.136 e. The van der Waals surface area contributed by atoms with Crippen LogP contribution in [-0.2, 0) is 0 Å². The van der Waals surface area contributed by atoms with E-state index in [1.807, 2.05) is 0 Å². The first-order chi connectivity index (χ1) is 3.25. The minimum atomic E-state index is 0.0694. The molecule has 0 N–H and O–H groups in total. The van der Waals surface area contributed by atoms with Crippen molar-refractivity contribution >= 4 is 12.6 Å². The lowest BCUT2D eigenvalue weighted by molar-refractivity contribution is -0.901. The van der Waals surface area contributed by atoms with Crippen LogP contribution < -0.4 is 0 Å². The Kier molecular flexibility index (Phi) is 2.00. The van der Waals surface area contributed by atoms with Crippen LogP contribution in [-0.4, -0.2) is 30.5 Å². The molecular weight excluding hydrogens is 118 g/mol. The third-order valence-electron chi connectivity index (χ3n) is 1.64. The Morgan fingerprint density at radius 3 is 1.25 bits per heavy atom. The quantitative estimate of drug-likeness (QED) is 0.312. The average Bonchev–Trinajstić information content (AvgIpc) is 1.25. The van der Waals surface area contributed by atoms with Crippen LogP contribution in [0.25, 0.3) is 0 Å². The molecule has 0 atom stereocenters. The second-order valence-electron chi connectivity index (χ2n) is 3.51. The SMILES string of the molecule is CC(C)(S)[N+](C)(C)C. The summed E-state index contributed by atoms with van der Waals surface area (Å²) in [7, 11) is 6.40. The Morgan fingerprint density at radius 2 is 1.25 bits per heavy atom. The van der Waals surface area contributed by atoms with Crippen molar-refractivity contribution in [2.45, 2.75) is 18.7 Å². The zero-order valence-electron chi connectivity index (χ0n) is 6.39. The Balaban J connectivity index is 4.02. The van der Waals surface area contributed by atoms with Crippen LogP contribution in [0.2, 0.25) is 0 Å². The van der Waals surface area contributed by atoms with E-state index in [-0.39, 0.29) is 4.87 Å². The lowest BCUT2D eigenvalue weighted by Crippen LogP contribution is -2.48. The maximum Gasteiger partial charge on any atom is 0.136 e. The van der Waals surface area contributed by atoms with E-state index in [4.69, 9.17) is 0 Å². The normalized spacial score (nSPS) is 14.2. The molecule has 0 unspecified atom stereocenters. The summed E-state index contributed by atoms with van der Waals surface area (Å²) in [5.41, 5.74) is 0. The molecule has 0 bridgehead atoms. The molecule has 0 aliphatic heterocycles. The number of rotatable bonds is 1. The molecule has 0 saturated carbocycles. The fourth-order valence-corrected chi connectivity index (χ4v) is 0. The molecule has 0 aromatic carbocycles. The van der Waals surface area contributed by atoms with Crippen LogP contribution in [0.5, 0.6) is 0 Å². The zero-order valence-corrected chi connectivity index (χ0v) is 7.29. The second-order valence-corrected chi connectivity index (χ2v) is 4.60. The summed E-state index contributed by atoms with van der Waals surface area (Å²) >= 11 is 4.41. The number of nitrogens with zero attached hydrogens (tertiary/aromatic N) is 1. The Labute approximate surface area is 57.7 Å². The van der Waals surface area contributed by atoms with Gasteiger partial charge in [-0.3, -0.25) is 0 Å². The van der Waals surface area contributed by atoms with Gasteiger partial charge < -0.3 is 4.48 Å². The van der Waals surface area contributed by atoms with E-state index in [0.717, 1.165) is 4.48 Å². The van der Waals surface area contributed by atoms with Crippen molar-refractivity contribution in [1.29, 1.82) is 0 Å². The van der Waals surface area contributed by atoms with Crippen LogP contribution in [0.15, 0.2) is 0 Å². The van der Waals surface area contributed by atoms with Gasteiger partial charge in [-0.15, -0.1) is 12.6 Å². The van der Waals surface area contributed by atoms with Crippen LogP contribution in [0.4, 0.5) is 0 Å². The van der Waals surface area contributed by atoms with E-state index in [2.05, 4.69) is 47.6 Å². The molecule has 8 heavy (non-hydrogen) atoms. The van der Waals surface area contributed by atoms with Crippen molar-refractivity contribution in [3.05, 3.63) is 0 Å². The van der Waals surface area contributed by atoms with Crippen molar-refractivity contribution in [1.82, 2.24) is 0 Å². The van der Waals surface area contributed by atoms with E-state index < -0.39 is 0 Å². The number of thiol groups is 1. The standard InChI is InChI=1S/C6H15NS/c1-6(2,8)7(3,4)5/h1-5H3/p+1. The first-order valence-electron chi connectivity index (χ1n) is 2.79. The third-order valence-corrected chi connectivity index (χ3v) is 2.24. The van der Waals surface area contributed by atoms with Crippen molar-refractivity contribution < 1.29 is 4.48 Å². The van der Waals surface area contributed by atoms with Gasteiger partial charge in [-0.25, -0.2) is 0 Å². The number of quaternary nitrogens is 1. The number of hydrogen-bond donors (Lipinski definition) is 1. The molecule has 0 aliphatic carbocycles. The Bertz CT molecular complexity index is 63.5. The molecule has 0 aromatic rings. The lowest BCUT2D eigenvalue weighted by Gasteiger charge is -2.37. The van der Waals surface area contributed by atoms with Crippen LogP contribution in [0.1, 0.15) is 13.8 Å². The highest BCUT2D eigenvalue weighted by Crippen LogP contribution is 2.20. The summed E-state index contributed by atoms with van der Waals surface area (Å²) in [5, 5.41) is 0. The average molecular weight is 134 g/mol. The van der Waals surface area contributed by atoms with Gasteiger partial charge in [0.25, 0.3) is 0 Å². The highest BCUT2D eigenvalue weighted by atomic mass is 32.1. The molecule has 0 radical (unpaired) electrons. The van der Waals surface area contributed by atoms with Gasteiger partial charge in [-0.1, -0.05) is 0 Å². The molecule has 0 heterocycles. The summed E-state index contributed by atoms with van der Waals surface area (Å²) in [6.07, 6.45) is 0. The van der Waals surface area contributed by atoms with E-state index in [1.54, 1.807) is 0 Å². The summed E-state index contributed by atoms with van der Waals surface area (Å²) in [4.78, 5) is 0.0694. The van der Waals surface area contributed by atoms with Gasteiger partial charge in [0, 0.05) is 13.8 Å². The van der Waals surface area contributed by atoms with Crippen LogP contribution in [0, 0.1) is 0 Å². The first kappa shape index (κ1) is 8.31. The predicted molar refractivity (Wildman–Crippen MR) is 41.1 cm³/mol. The molecule has 0 saturated heterocycles. The Morgan fingerprint density at radius 1 is 1.12 bits per heavy atom. The molecule has 2 heteroatoms. The fourth-order valence-electron chi connectivity index (χ4n) is 0. The lowest BCUT2D eigenvalue weighted by atomic mass is 10.3. The largest absolute Gasteiger partial charge is 0.318 e. The second kappa shape index (κ2) is 1.92. The fraction of sp³-hybridized carbons (Fsp3) is 1.00. The Hall–Kier alpha value is 0.310. The van der Waals surface area contributed by atoms with Crippen LogP contribution >= 0.6 is 12.6 Å². The highest BCUT2D eigenvalue weighted by Gasteiger charge is 2.27. The van der Waals surface area contributed by atoms with Gasteiger partial charge in [0.1, 0.15) is 4.87 Å². The maximum absolute atomic E-state index is 4.41. The molecule has 0 fully saturated rings. The molecule has 0 rings (SSSR count). The van der Waals surface area contributed by atoms with E-state index in [0.29, 0.717) is 0 Å². The van der Waals surface area contributed by atoms with E-state index >= 15 is 0 Å². The van der Waals surface area contributed by atoms with E-state index in [1.165, 1.54) is 0 Å². The van der Waals surface area contributed by atoms with Gasteiger partial charge in [0.15, 0.2) is 0 Å². The molecule has 0 aliphatic rings. The van der Waals surface area contributed by atoms with Crippen molar-refractivity contribution in [2.24, 2.45) is 0 Å². The maximum atomic E-state index is 4.41. The number of hydrogen-bond acceptors (Lipinski definition) is 1. The molecule has 0 amide bonds.